The van der Waals surface area contributed by atoms with E-state index in [0.29, 0.717) is 0 Å². The van der Waals surface area contributed by atoms with Gasteiger partial charge in [-0.15, -0.1) is 0 Å². The molecule has 0 heterocycles. The van der Waals surface area contributed by atoms with Crippen molar-refractivity contribution in [1.29, 1.82) is 0 Å². The molecule has 1 saturated carbocycles. The predicted molar refractivity (Wildman–Crippen MR) is 102 cm³/mol. The van der Waals surface area contributed by atoms with Crippen LogP contribution in [0.5, 0.6) is 0 Å². The van der Waals surface area contributed by atoms with E-state index < -0.39 is 0 Å². The van der Waals surface area contributed by atoms with Crippen LogP contribution in [0, 0.1) is 18.3 Å². The molecule has 0 aromatic rings. The van der Waals surface area contributed by atoms with E-state index in [-0.39, 0.29) is 57.0 Å². The Labute approximate surface area is 191 Å². The Kier molecular flexibility index (Phi) is 42.9. The van der Waals surface area contributed by atoms with E-state index in [2.05, 4.69) is 20.8 Å². The molecule has 0 saturated heterocycles. The average Bonchev–Trinajstić information content (AvgIpc) is 2.61. The molecule has 23 heavy (non-hydrogen) atoms. The minimum Gasteiger partial charge on any atom is -0.379 e. The zero-order valence-electron chi connectivity index (χ0n) is 18.5. The van der Waals surface area contributed by atoms with E-state index in [1.165, 1.54) is 32.1 Å². The van der Waals surface area contributed by atoms with Crippen LogP contribution in [0.3, 0.4) is 0 Å². The fourth-order valence-corrected chi connectivity index (χ4v) is 2.12. The Bertz CT molecular complexity index is 186. The first kappa shape index (κ1) is 35.3. The molecular weight excluding hydrogens is 311 g/mol. The van der Waals surface area contributed by atoms with Crippen LogP contribution in [0.4, 0.5) is 0 Å². The molecule has 3 heteroatoms. The Hall–Kier alpha value is 1.14. The summed E-state index contributed by atoms with van der Waals surface area (Å²) in [5.41, 5.74) is 0.0974. The van der Waals surface area contributed by atoms with E-state index in [9.17, 15) is 0 Å². The summed E-state index contributed by atoms with van der Waals surface area (Å²) >= 11 is 0. The van der Waals surface area contributed by atoms with Crippen LogP contribution in [-0.2, 0) is 9.53 Å². The maximum Gasteiger partial charge on any atom is 1.00 e. The van der Waals surface area contributed by atoms with Crippen molar-refractivity contribution >= 4 is 6.29 Å². The monoisotopic (exact) mass is 356 g/mol. The van der Waals surface area contributed by atoms with Crippen LogP contribution in [0.15, 0.2) is 0 Å². The quantitative estimate of drug-likeness (QED) is 0.437. The van der Waals surface area contributed by atoms with Crippen LogP contribution >= 0.6 is 0 Å². The smallest absolute Gasteiger partial charge is 0.379 e. The molecule has 1 aliphatic carbocycles. The van der Waals surface area contributed by atoms with Gasteiger partial charge in [-0.25, -0.2) is 0 Å². The summed E-state index contributed by atoms with van der Waals surface area (Å²) in [6.45, 7) is 20.5. The second kappa shape index (κ2) is 28.0. The molecular formula is C20H45KO2. The molecule has 0 unspecified atom stereocenters. The molecule has 0 N–H and O–H groups in total. The van der Waals surface area contributed by atoms with Gasteiger partial charge in [0.1, 0.15) is 0 Å². The zero-order chi connectivity index (χ0) is 18.6. The first-order chi connectivity index (χ1) is 10.5. The van der Waals surface area contributed by atoms with Crippen molar-refractivity contribution in [3.63, 3.8) is 0 Å². The Morgan fingerprint density at radius 2 is 1.26 bits per heavy atom. The van der Waals surface area contributed by atoms with Crippen LogP contribution in [0.1, 0.15) is 94.9 Å². The Balaban J connectivity index is -0.0000000835. The number of hydrogen-bond acceptors (Lipinski definition) is 2. The molecule has 138 valence electrons. The second-order valence-electron chi connectivity index (χ2n) is 5.23. The van der Waals surface area contributed by atoms with Gasteiger partial charge in [0.05, 0.1) is 5.60 Å². The normalized spacial score (nSPS) is 18.4. The summed E-state index contributed by atoms with van der Waals surface area (Å²) in [7, 11) is 1.83. The van der Waals surface area contributed by atoms with E-state index in [1.807, 2.05) is 48.7 Å². The number of ether oxygens (including phenoxy) is 1. The van der Waals surface area contributed by atoms with Gasteiger partial charge < -0.3 is 16.0 Å². The van der Waals surface area contributed by atoms with Gasteiger partial charge >= 0.3 is 51.4 Å². The molecule has 1 aliphatic rings. The predicted octanol–water partition coefficient (Wildman–Crippen LogP) is 3.73. The minimum atomic E-state index is 0. The first-order valence-electron chi connectivity index (χ1n) is 9.26. The van der Waals surface area contributed by atoms with Crippen molar-refractivity contribution in [3.8, 4) is 0 Å². The molecule has 2 nitrogen and oxygen atoms in total. The van der Waals surface area contributed by atoms with Crippen LogP contribution in [0.25, 0.3) is 0 Å². The third-order valence-electron chi connectivity index (χ3n) is 3.66. The Morgan fingerprint density at radius 3 is 1.48 bits per heavy atom. The second-order valence-corrected chi connectivity index (χ2v) is 5.23. The number of carbonyl (C=O) groups excluding carboxylic acids is 1. The number of methoxy groups -OCH3 is 1. The van der Waals surface area contributed by atoms with Gasteiger partial charge in [-0.1, -0.05) is 61.3 Å². The molecule has 0 bridgehead atoms. The standard InChI is InChI=1S/C11H22O.C3H5O.3C2H6.K/c1-9-5-7-10(8-6-9)11(2,3)12-4;1-2-3-4;3*1-2;/h9-10H,5-8H2,1-4H3;2-3H,1H3;3*1-2H3;/q;-1;;;;+1. The maximum atomic E-state index is 9.12. The molecule has 0 aromatic carbocycles. The summed E-state index contributed by atoms with van der Waals surface area (Å²) in [6, 6.07) is 0. The fourth-order valence-electron chi connectivity index (χ4n) is 2.12. The van der Waals surface area contributed by atoms with E-state index in [1.54, 1.807) is 6.92 Å². The maximum absolute atomic E-state index is 9.12. The van der Waals surface area contributed by atoms with Crippen LogP contribution < -0.4 is 51.4 Å². The third-order valence-corrected chi connectivity index (χ3v) is 3.66. The van der Waals surface area contributed by atoms with Crippen molar-refractivity contribution in [2.75, 3.05) is 7.11 Å². The molecule has 0 atom stereocenters. The van der Waals surface area contributed by atoms with E-state index in [0.717, 1.165) is 18.1 Å². The number of hydrogen-bond donors (Lipinski definition) is 0. The number of carbonyl (C=O) groups is 1. The number of rotatable bonds is 3. The van der Waals surface area contributed by atoms with Crippen LogP contribution in [0.2, 0.25) is 0 Å². The fraction of sp³-hybridized carbons (Fsp3) is 0.900. The first-order valence-corrected chi connectivity index (χ1v) is 9.26. The van der Waals surface area contributed by atoms with Gasteiger partial charge in [-0.05, 0) is 44.8 Å². The summed E-state index contributed by atoms with van der Waals surface area (Å²) in [5, 5.41) is 0. The van der Waals surface area contributed by atoms with Crippen LogP contribution in [-0.4, -0.2) is 19.0 Å². The third kappa shape index (κ3) is 23.1. The van der Waals surface area contributed by atoms with Gasteiger partial charge in [0.2, 0.25) is 0 Å². The van der Waals surface area contributed by atoms with Crippen molar-refractivity contribution in [1.82, 2.24) is 0 Å². The van der Waals surface area contributed by atoms with Crippen molar-refractivity contribution in [2.24, 2.45) is 11.8 Å². The van der Waals surface area contributed by atoms with E-state index in [4.69, 9.17) is 9.53 Å². The van der Waals surface area contributed by atoms with Crippen molar-refractivity contribution in [2.45, 2.75) is 101 Å². The molecule has 1 fully saturated rings. The minimum absolute atomic E-state index is 0. The number of aldehydes is 1. The molecule has 0 aromatic heterocycles. The molecule has 0 radical (unpaired) electrons. The largest absolute Gasteiger partial charge is 1.00 e. The molecule has 0 amide bonds. The van der Waals surface area contributed by atoms with Crippen molar-refractivity contribution in [3.05, 3.63) is 6.42 Å². The topological polar surface area (TPSA) is 26.3 Å². The average molecular weight is 357 g/mol. The molecule has 0 spiro atoms. The van der Waals surface area contributed by atoms with Gasteiger partial charge in [0.15, 0.2) is 0 Å². The van der Waals surface area contributed by atoms with Gasteiger partial charge in [-0.3, -0.25) is 0 Å². The van der Waals surface area contributed by atoms with Crippen molar-refractivity contribution < 1.29 is 60.9 Å². The summed E-state index contributed by atoms with van der Waals surface area (Å²) in [6.07, 6.45) is 7.67. The summed E-state index contributed by atoms with van der Waals surface area (Å²) < 4.78 is 5.51. The van der Waals surface area contributed by atoms with Gasteiger partial charge in [-0.2, -0.15) is 6.92 Å². The van der Waals surface area contributed by atoms with Gasteiger partial charge in [0, 0.05) is 7.11 Å². The van der Waals surface area contributed by atoms with E-state index >= 15 is 0 Å². The molecule has 1 rings (SSSR count). The Morgan fingerprint density at radius 1 is 0.957 bits per heavy atom. The zero-order valence-corrected chi connectivity index (χ0v) is 21.6. The molecule has 0 aliphatic heterocycles. The SMILES string of the molecule is CC.CC.CC.COC(C)(C)C1CCC(C)CC1.C[CH-]C=O.[K+]. The van der Waals surface area contributed by atoms with Gasteiger partial charge in [0.25, 0.3) is 0 Å². The summed E-state index contributed by atoms with van der Waals surface area (Å²) in [4.78, 5) is 9.12. The summed E-state index contributed by atoms with van der Waals surface area (Å²) in [5.74, 6) is 1.72.